The maximum absolute atomic E-state index is 2.44. The van der Waals surface area contributed by atoms with Gasteiger partial charge >= 0.3 is 0 Å². The Morgan fingerprint density at radius 1 is 0.200 bits per heavy atom. The summed E-state index contributed by atoms with van der Waals surface area (Å²) >= 11 is 0. The molecule has 2 heteroatoms. The zero-order valence-electron chi connectivity index (χ0n) is 54.6. The largest absolute Gasteiger partial charge is 0.310 e. The van der Waals surface area contributed by atoms with Crippen molar-refractivity contribution in [3.05, 3.63) is 359 Å². The van der Waals surface area contributed by atoms with E-state index < -0.39 is 0 Å². The fraction of sp³-hybridized carbons (Fsp3) is 0.0968. The number of hydrogen-bond donors (Lipinski definition) is 0. The fourth-order valence-electron chi connectivity index (χ4n) is 15.7. The zero-order valence-corrected chi connectivity index (χ0v) is 54.6. The molecule has 0 saturated carbocycles. The Kier molecular flexibility index (Phi) is 13.6. The lowest BCUT2D eigenvalue weighted by atomic mass is 9.81. The van der Waals surface area contributed by atoms with Crippen LogP contribution >= 0.6 is 0 Å². The van der Waals surface area contributed by atoms with E-state index in [4.69, 9.17) is 0 Å². The van der Waals surface area contributed by atoms with E-state index in [0.717, 1.165) is 34.1 Å². The molecule has 0 N–H and O–H groups in total. The molecule has 454 valence electrons. The molecule has 0 radical (unpaired) electrons. The molecule has 0 unspecified atom stereocenters. The van der Waals surface area contributed by atoms with Crippen LogP contribution in [0.15, 0.2) is 303 Å². The van der Waals surface area contributed by atoms with Crippen LogP contribution in [0.1, 0.15) is 97.2 Å². The minimum Gasteiger partial charge on any atom is -0.310 e. The van der Waals surface area contributed by atoms with Crippen LogP contribution < -0.4 is 9.80 Å². The highest BCUT2D eigenvalue weighted by Crippen LogP contribution is 2.54. The molecule has 17 rings (SSSR count). The van der Waals surface area contributed by atoms with Crippen LogP contribution in [0.5, 0.6) is 0 Å². The summed E-state index contributed by atoms with van der Waals surface area (Å²) in [6.45, 7) is 14.3. The Balaban J connectivity index is 0.610. The van der Waals surface area contributed by atoms with E-state index in [9.17, 15) is 0 Å². The van der Waals surface area contributed by atoms with Crippen LogP contribution in [0.3, 0.4) is 0 Å². The quantitative estimate of drug-likeness (QED) is 0.113. The van der Waals surface area contributed by atoms with Crippen molar-refractivity contribution in [2.75, 3.05) is 9.80 Å². The Morgan fingerprint density at radius 2 is 0.442 bits per heavy atom. The van der Waals surface area contributed by atoms with Gasteiger partial charge in [-0.3, -0.25) is 0 Å². The summed E-state index contributed by atoms with van der Waals surface area (Å²) in [5.41, 5.74) is 31.8. The van der Waals surface area contributed by atoms with E-state index in [1.165, 1.54) is 133 Å². The first kappa shape index (κ1) is 57.6. The third-order valence-corrected chi connectivity index (χ3v) is 21.0. The average Bonchev–Trinajstić information content (AvgIpc) is 1.62. The highest BCUT2D eigenvalue weighted by molar-refractivity contribution is 5.95. The second kappa shape index (κ2) is 22.5. The maximum Gasteiger partial charge on any atom is 0.0468 e. The molecule has 0 aliphatic heterocycles. The average molecular weight is 1220 g/mol. The van der Waals surface area contributed by atoms with Gasteiger partial charge in [0.1, 0.15) is 0 Å². The number of rotatable bonds is 12. The van der Waals surface area contributed by atoms with Crippen molar-refractivity contribution in [2.24, 2.45) is 0 Å². The first-order valence-electron chi connectivity index (χ1n) is 33.4. The standard InChI is InChI=1S/C93H72N2/c1-91(2)85-53-61(25-27-63-31-49-81-83-51-45-77(59-89(83)92(3,4)87(81)55-63)94(75-43-37-67-21-13-15-23-71(67)57-75)73-39-33-69(34-40-73)65-17-9-7-10-18-65)29-47-79(85)80-48-30-62(54-86(80)91)26-28-64-32-50-82-84-52-46-78(60-90(84)93(5,6)88(82)56-64)95(76-44-38-68-22-14-16-24-72(68)58-76)74-41-35-70(36-42-74)66-19-11-8-12-20-66/h7-60H,1-6H3/b27-25+,28-26+. The molecular formula is C93H72N2. The predicted octanol–water partition coefficient (Wildman–Crippen LogP) is 25.5. The van der Waals surface area contributed by atoms with Crippen molar-refractivity contribution in [2.45, 2.75) is 57.8 Å². The summed E-state index contributed by atoms with van der Waals surface area (Å²) in [6, 6.07) is 113. The van der Waals surface area contributed by atoms with E-state index in [-0.39, 0.29) is 16.2 Å². The number of benzene rings is 14. The number of anilines is 6. The van der Waals surface area contributed by atoms with Crippen LogP contribution in [0.4, 0.5) is 34.1 Å². The third-order valence-electron chi connectivity index (χ3n) is 21.0. The lowest BCUT2D eigenvalue weighted by Gasteiger charge is -2.28. The van der Waals surface area contributed by atoms with Gasteiger partial charge in [0.2, 0.25) is 0 Å². The first-order chi connectivity index (χ1) is 46.3. The molecule has 3 aliphatic rings. The summed E-state index contributed by atoms with van der Waals surface area (Å²) < 4.78 is 0. The lowest BCUT2D eigenvalue weighted by Crippen LogP contribution is -2.16. The summed E-state index contributed by atoms with van der Waals surface area (Å²) in [5.74, 6) is 0. The van der Waals surface area contributed by atoms with Crippen LogP contribution in [0.2, 0.25) is 0 Å². The molecule has 0 spiro atoms. The van der Waals surface area contributed by atoms with Crippen LogP contribution in [-0.2, 0) is 16.2 Å². The van der Waals surface area contributed by atoms with Gasteiger partial charge in [-0.25, -0.2) is 0 Å². The topological polar surface area (TPSA) is 6.48 Å². The maximum atomic E-state index is 2.44. The molecular weight excluding hydrogens is 1150 g/mol. The smallest absolute Gasteiger partial charge is 0.0468 e. The molecule has 0 saturated heterocycles. The summed E-state index contributed by atoms with van der Waals surface area (Å²) in [7, 11) is 0. The van der Waals surface area contributed by atoms with Crippen LogP contribution in [-0.4, -0.2) is 0 Å². The molecule has 2 nitrogen and oxygen atoms in total. The molecule has 0 atom stereocenters. The van der Waals surface area contributed by atoms with Crippen molar-refractivity contribution < 1.29 is 0 Å². The monoisotopic (exact) mass is 1220 g/mol. The highest BCUT2D eigenvalue weighted by Gasteiger charge is 2.39. The normalized spacial score (nSPS) is 14.2. The molecule has 0 amide bonds. The van der Waals surface area contributed by atoms with Gasteiger partial charge in [0.05, 0.1) is 0 Å². The first-order valence-corrected chi connectivity index (χ1v) is 33.4. The van der Waals surface area contributed by atoms with Crippen molar-refractivity contribution in [3.8, 4) is 55.6 Å². The number of hydrogen-bond acceptors (Lipinski definition) is 2. The molecule has 0 fully saturated rings. The van der Waals surface area contributed by atoms with Crippen LogP contribution in [0.25, 0.3) is 101 Å². The van der Waals surface area contributed by atoms with Gasteiger partial charge in [0.15, 0.2) is 0 Å². The Hall–Kier alpha value is -11.3. The molecule has 95 heavy (non-hydrogen) atoms. The molecule has 14 aromatic rings. The minimum absolute atomic E-state index is 0.173. The van der Waals surface area contributed by atoms with Crippen molar-refractivity contribution >= 4 is 80.0 Å². The van der Waals surface area contributed by atoms with Crippen LogP contribution in [0, 0.1) is 0 Å². The fourth-order valence-corrected chi connectivity index (χ4v) is 15.7. The second-order valence-corrected chi connectivity index (χ2v) is 27.8. The Morgan fingerprint density at radius 3 is 0.768 bits per heavy atom. The molecule has 0 bridgehead atoms. The van der Waals surface area contributed by atoms with Gasteiger partial charge in [-0.15, -0.1) is 0 Å². The van der Waals surface area contributed by atoms with E-state index in [1.54, 1.807) is 0 Å². The van der Waals surface area contributed by atoms with Crippen molar-refractivity contribution in [1.29, 1.82) is 0 Å². The van der Waals surface area contributed by atoms with E-state index in [2.05, 4.69) is 379 Å². The van der Waals surface area contributed by atoms with Crippen molar-refractivity contribution in [3.63, 3.8) is 0 Å². The van der Waals surface area contributed by atoms with Gasteiger partial charge in [0, 0.05) is 50.4 Å². The van der Waals surface area contributed by atoms with E-state index >= 15 is 0 Å². The zero-order chi connectivity index (χ0) is 64.2. The molecule has 0 heterocycles. The van der Waals surface area contributed by atoms with E-state index in [0.29, 0.717) is 0 Å². The SMILES string of the molecule is CC1(C)c2cc(/C=C/c3ccc4c(c3)C(C)(C)c3cc(N(c5ccc(-c6ccccc6)cc5)c5ccc6ccccc6c5)ccc3-4)ccc2-c2ccc(/C=C/c3ccc4c(c3)C(C)(C)c3cc(N(c5ccc(-c6ccccc6)cc5)c5ccc6ccccc6c5)ccc3-4)cc21. The van der Waals surface area contributed by atoms with Gasteiger partial charge in [-0.1, -0.05) is 296 Å². The third kappa shape index (κ3) is 9.94. The predicted molar refractivity (Wildman–Crippen MR) is 405 cm³/mol. The summed E-state index contributed by atoms with van der Waals surface area (Å²) in [6.07, 6.45) is 9.20. The number of fused-ring (bicyclic) bond motifs is 11. The van der Waals surface area contributed by atoms with Gasteiger partial charge in [-0.2, -0.15) is 0 Å². The molecule has 14 aromatic carbocycles. The van der Waals surface area contributed by atoms with Gasteiger partial charge < -0.3 is 9.80 Å². The molecule has 0 aromatic heterocycles. The lowest BCUT2D eigenvalue weighted by molar-refractivity contribution is 0.660. The highest BCUT2D eigenvalue weighted by atomic mass is 15.1. The second-order valence-electron chi connectivity index (χ2n) is 27.8. The Labute approximate surface area is 558 Å². The summed E-state index contributed by atoms with van der Waals surface area (Å²) in [5, 5.41) is 4.91. The summed E-state index contributed by atoms with van der Waals surface area (Å²) in [4.78, 5) is 4.83. The van der Waals surface area contributed by atoms with E-state index in [1.807, 2.05) is 0 Å². The Bertz CT molecular complexity index is 5090. The minimum atomic E-state index is -0.216. The van der Waals surface area contributed by atoms with Gasteiger partial charge in [-0.05, 0) is 206 Å². The molecule has 3 aliphatic carbocycles. The van der Waals surface area contributed by atoms with Gasteiger partial charge in [0.25, 0.3) is 0 Å². The van der Waals surface area contributed by atoms with Crippen molar-refractivity contribution in [1.82, 2.24) is 0 Å². The number of nitrogens with zero attached hydrogens (tertiary/aromatic N) is 2.